The molecular weight excluding hydrogens is 256 g/mol. The number of hydrogen-bond donors (Lipinski definition) is 2. The molecule has 0 saturated heterocycles. The molecule has 20 heavy (non-hydrogen) atoms. The minimum atomic E-state index is -0.825. The summed E-state index contributed by atoms with van der Waals surface area (Å²) in [5, 5.41) is 12.2. The smallest absolute Gasteiger partial charge is 0.307 e. The number of carboxylic acids is 1. The molecule has 0 saturated carbocycles. The number of aromatic nitrogens is 1. The number of aryl methyl sites for hydroxylation is 1. The van der Waals surface area contributed by atoms with E-state index in [0.717, 1.165) is 16.9 Å². The molecule has 0 aliphatic rings. The van der Waals surface area contributed by atoms with Crippen LogP contribution < -0.4 is 5.32 Å². The number of benzene rings is 1. The summed E-state index contributed by atoms with van der Waals surface area (Å²) in [5.74, 6) is 0.590. The van der Waals surface area contributed by atoms with E-state index in [0.29, 0.717) is 12.4 Å². The van der Waals surface area contributed by atoms with Crippen LogP contribution in [0.3, 0.4) is 0 Å². The highest BCUT2D eigenvalue weighted by molar-refractivity contribution is 5.70. The van der Waals surface area contributed by atoms with Gasteiger partial charge in [0.15, 0.2) is 0 Å². The molecule has 5 nitrogen and oxygen atoms in total. The number of oxazole rings is 1. The molecule has 1 aromatic heterocycles. The van der Waals surface area contributed by atoms with Crippen LogP contribution in [0.4, 0.5) is 0 Å². The summed E-state index contributed by atoms with van der Waals surface area (Å²) in [6.07, 6.45) is 1.72. The second-order valence-corrected chi connectivity index (χ2v) is 4.75. The summed E-state index contributed by atoms with van der Waals surface area (Å²) in [4.78, 5) is 15.0. The molecule has 2 rings (SSSR count). The SMILES string of the molecule is Cc1cnc(C(C)NCc2ccccc2CC(=O)O)o1. The minimum absolute atomic E-state index is 0.0263. The maximum Gasteiger partial charge on any atom is 0.307 e. The fraction of sp³-hybridized carbons (Fsp3) is 0.333. The fourth-order valence-electron chi connectivity index (χ4n) is 1.99. The topological polar surface area (TPSA) is 75.4 Å². The maximum atomic E-state index is 10.8. The molecular formula is C15H18N2O3. The first kappa shape index (κ1) is 14.3. The molecule has 2 N–H and O–H groups in total. The van der Waals surface area contributed by atoms with Crippen LogP contribution in [0, 0.1) is 6.92 Å². The number of carbonyl (C=O) groups is 1. The van der Waals surface area contributed by atoms with Crippen molar-refractivity contribution in [2.24, 2.45) is 0 Å². The summed E-state index contributed by atoms with van der Waals surface area (Å²) in [6.45, 7) is 4.39. The van der Waals surface area contributed by atoms with E-state index in [1.54, 1.807) is 6.20 Å². The van der Waals surface area contributed by atoms with Gasteiger partial charge in [-0.25, -0.2) is 4.98 Å². The second kappa shape index (κ2) is 6.34. The van der Waals surface area contributed by atoms with Crippen LogP contribution in [0.2, 0.25) is 0 Å². The Morgan fingerprint density at radius 3 is 2.70 bits per heavy atom. The third kappa shape index (κ3) is 3.68. The van der Waals surface area contributed by atoms with Crippen LogP contribution in [-0.2, 0) is 17.8 Å². The normalized spacial score (nSPS) is 12.3. The second-order valence-electron chi connectivity index (χ2n) is 4.75. The maximum absolute atomic E-state index is 10.8. The van der Waals surface area contributed by atoms with Gasteiger partial charge in [0.05, 0.1) is 18.7 Å². The van der Waals surface area contributed by atoms with Gasteiger partial charge >= 0.3 is 5.97 Å². The highest BCUT2D eigenvalue weighted by Crippen LogP contribution is 2.15. The van der Waals surface area contributed by atoms with Gasteiger partial charge in [-0.2, -0.15) is 0 Å². The van der Waals surface area contributed by atoms with E-state index in [1.807, 2.05) is 38.1 Å². The number of nitrogens with zero attached hydrogens (tertiary/aromatic N) is 1. The predicted octanol–water partition coefficient (Wildman–Crippen LogP) is 2.46. The molecule has 0 spiro atoms. The average Bonchev–Trinajstić information content (AvgIpc) is 2.83. The Balaban J connectivity index is 2.01. The Morgan fingerprint density at radius 1 is 1.40 bits per heavy atom. The summed E-state index contributed by atoms with van der Waals surface area (Å²) >= 11 is 0. The first-order chi connectivity index (χ1) is 9.56. The Kier molecular flexibility index (Phi) is 4.53. The van der Waals surface area contributed by atoms with Crippen molar-refractivity contribution in [3.8, 4) is 0 Å². The number of aliphatic carboxylic acids is 1. The van der Waals surface area contributed by atoms with Crippen LogP contribution >= 0.6 is 0 Å². The first-order valence-corrected chi connectivity index (χ1v) is 6.50. The molecule has 0 aliphatic heterocycles. The fourth-order valence-corrected chi connectivity index (χ4v) is 1.99. The number of carboxylic acid groups (broad SMARTS) is 1. The van der Waals surface area contributed by atoms with E-state index in [-0.39, 0.29) is 12.5 Å². The molecule has 0 radical (unpaired) electrons. The van der Waals surface area contributed by atoms with Gasteiger partial charge < -0.3 is 14.8 Å². The average molecular weight is 274 g/mol. The molecule has 1 aromatic carbocycles. The van der Waals surface area contributed by atoms with E-state index in [9.17, 15) is 4.79 Å². The van der Waals surface area contributed by atoms with Crippen molar-refractivity contribution in [2.45, 2.75) is 32.9 Å². The van der Waals surface area contributed by atoms with Crippen LogP contribution in [0.5, 0.6) is 0 Å². The van der Waals surface area contributed by atoms with E-state index in [4.69, 9.17) is 9.52 Å². The quantitative estimate of drug-likeness (QED) is 0.846. The van der Waals surface area contributed by atoms with Crippen molar-refractivity contribution in [3.05, 3.63) is 53.2 Å². The van der Waals surface area contributed by atoms with E-state index in [1.165, 1.54) is 0 Å². The summed E-state index contributed by atoms with van der Waals surface area (Å²) < 4.78 is 5.46. The monoisotopic (exact) mass is 274 g/mol. The van der Waals surface area contributed by atoms with Crippen molar-refractivity contribution in [1.29, 1.82) is 0 Å². The summed E-state index contributed by atoms with van der Waals surface area (Å²) in [7, 11) is 0. The van der Waals surface area contributed by atoms with Crippen LogP contribution in [0.25, 0.3) is 0 Å². The lowest BCUT2D eigenvalue weighted by Crippen LogP contribution is -2.19. The summed E-state index contributed by atoms with van der Waals surface area (Å²) in [5.41, 5.74) is 1.80. The van der Waals surface area contributed by atoms with Crippen molar-refractivity contribution in [3.63, 3.8) is 0 Å². The standard InChI is InChI=1S/C15H18N2O3/c1-10-8-17-15(20-10)11(2)16-9-13-6-4-3-5-12(13)7-14(18)19/h3-6,8,11,16H,7,9H2,1-2H3,(H,18,19). The zero-order valence-electron chi connectivity index (χ0n) is 11.6. The molecule has 0 amide bonds. The number of hydrogen-bond acceptors (Lipinski definition) is 4. The van der Waals surface area contributed by atoms with Gasteiger partial charge in [-0.3, -0.25) is 4.79 Å². The molecule has 0 bridgehead atoms. The van der Waals surface area contributed by atoms with Crippen molar-refractivity contribution < 1.29 is 14.3 Å². The van der Waals surface area contributed by atoms with Crippen LogP contribution in [-0.4, -0.2) is 16.1 Å². The number of nitrogens with one attached hydrogen (secondary N) is 1. The van der Waals surface area contributed by atoms with Gasteiger partial charge in [-0.05, 0) is 25.0 Å². The molecule has 2 aromatic rings. The summed E-state index contributed by atoms with van der Waals surface area (Å²) in [6, 6.07) is 7.50. The minimum Gasteiger partial charge on any atom is -0.481 e. The third-order valence-corrected chi connectivity index (χ3v) is 3.07. The zero-order chi connectivity index (χ0) is 14.5. The molecule has 5 heteroatoms. The Labute approximate surface area is 117 Å². The molecule has 106 valence electrons. The van der Waals surface area contributed by atoms with E-state index in [2.05, 4.69) is 10.3 Å². The molecule has 1 atom stereocenters. The highest BCUT2D eigenvalue weighted by Gasteiger charge is 2.12. The molecule has 0 fully saturated rings. The first-order valence-electron chi connectivity index (χ1n) is 6.50. The Hall–Kier alpha value is -2.14. The van der Waals surface area contributed by atoms with Crippen LogP contribution in [0.1, 0.15) is 35.7 Å². The van der Waals surface area contributed by atoms with Gasteiger partial charge in [-0.15, -0.1) is 0 Å². The van der Waals surface area contributed by atoms with Crippen LogP contribution in [0.15, 0.2) is 34.9 Å². The van der Waals surface area contributed by atoms with Gasteiger partial charge in [0.2, 0.25) is 5.89 Å². The largest absolute Gasteiger partial charge is 0.481 e. The van der Waals surface area contributed by atoms with Gasteiger partial charge in [0.25, 0.3) is 0 Å². The van der Waals surface area contributed by atoms with E-state index < -0.39 is 5.97 Å². The van der Waals surface area contributed by atoms with Crippen molar-refractivity contribution in [1.82, 2.24) is 10.3 Å². The van der Waals surface area contributed by atoms with Crippen molar-refractivity contribution >= 4 is 5.97 Å². The third-order valence-electron chi connectivity index (χ3n) is 3.07. The molecule has 1 heterocycles. The predicted molar refractivity (Wildman–Crippen MR) is 74.3 cm³/mol. The van der Waals surface area contributed by atoms with Crippen molar-refractivity contribution in [2.75, 3.05) is 0 Å². The lowest BCUT2D eigenvalue weighted by Gasteiger charge is -2.12. The lowest BCUT2D eigenvalue weighted by atomic mass is 10.0. The van der Waals surface area contributed by atoms with E-state index >= 15 is 0 Å². The lowest BCUT2D eigenvalue weighted by molar-refractivity contribution is -0.136. The Bertz CT molecular complexity index is 592. The Morgan fingerprint density at radius 2 is 2.10 bits per heavy atom. The molecule has 0 aliphatic carbocycles. The highest BCUT2D eigenvalue weighted by atomic mass is 16.4. The number of rotatable bonds is 6. The molecule has 1 unspecified atom stereocenters. The van der Waals surface area contributed by atoms with Gasteiger partial charge in [0, 0.05) is 6.54 Å². The van der Waals surface area contributed by atoms with Gasteiger partial charge in [0.1, 0.15) is 5.76 Å². The zero-order valence-corrected chi connectivity index (χ0v) is 11.6. The van der Waals surface area contributed by atoms with Gasteiger partial charge in [-0.1, -0.05) is 24.3 Å².